The van der Waals surface area contributed by atoms with Gasteiger partial charge in [0.15, 0.2) is 0 Å². The molecule has 1 saturated heterocycles. The number of likely N-dealkylation sites (N-methyl/N-ethyl adjacent to an activating group) is 1. The molecule has 0 aromatic carbocycles. The summed E-state index contributed by atoms with van der Waals surface area (Å²) < 4.78 is 0. The van der Waals surface area contributed by atoms with Crippen molar-refractivity contribution in [1.82, 2.24) is 9.80 Å². The van der Waals surface area contributed by atoms with Gasteiger partial charge in [-0.25, -0.2) is 0 Å². The van der Waals surface area contributed by atoms with Crippen molar-refractivity contribution in [2.75, 3.05) is 33.3 Å². The SMILES string of the molecule is CN1CCN(C(=O)c2sccc2C#CCO)CC1(C)C. The predicted octanol–water partition coefficient (Wildman–Crippen LogP) is 1.26. The molecule has 0 spiro atoms. The van der Waals surface area contributed by atoms with Gasteiger partial charge in [0, 0.05) is 30.7 Å². The van der Waals surface area contributed by atoms with Gasteiger partial charge in [-0.2, -0.15) is 0 Å². The second kappa shape index (κ2) is 5.96. The molecule has 0 saturated carbocycles. The van der Waals surface area contributed by atoms with Crippen molar-refractivity contribution in [3.05, 3.63) is 21.9 Å². The summed E-state index contributed by atoms with van der Waals surface area (Å²) >= 11 is 1.41. The minimum absolute atomic E-state index is 0.0118. The molecule has 1 aromatic rings. The van der Waals surface area contributed by atoms with Gasteiger partial charge in [-0.05, 0) is 32.3 Å². The van der Waals surface area contributed by atoms with Crippen molar-refractivity contribution in [3.8, 4) is 11.8 Å². The zero-order valence-electron chi connectivity index (χ0n) is 12.1. The Bertz CT molecular complexity index is 554. The van der Waals surface area contributed by atoms with Crippen LogP contribution in [0.25, 0.3) is 0 Å². The summed E-state index contributed by atoms with van der Waals surface area (Å²) in [6.45, 7) is 6.43. The van der Waals surface area contributed by atoms with Crippen LogP contribution in [0.1, 0.15) is 29.1 Å². The van der Waals surface area contributed by atoms with Crippen LogP contribution in [0.15, 0.2) is 11.4 Å². The van der Waals surface area contributed by atoms with Gasteiger partial charge in [0.05, 0.1) is 0 Å². The molecule has 0 bridgehead atoms. The van der Waals surface area contributed by atoms with Crippen LogP contribution in [0.2, 0.25) is 0 Å². The van der Waals surface area contributed by atoms with E-state index in [9.17, 15) is 4.79 Å². The number of thiophene rings is 1. The van der Waals surface area contributed by atoms with Crippen LogP contribution in [-0.2, 0) is 0 Å². The summed E-state index contributed by atoms with van der Waals surface area (Å²) in [6, 6.07) is 1.84. The molecular formula is C15H20N2O2S. The summed E-state index contributed by atoms with van der Waals surface area (Å²) in [5.41, 5.74) is 0.702. The van der Waals surface area contributed by atoms with Gasteiger partial charge in [0.25, 0.3) is 5.91 Å². The molecule has 2 rings (SSSR count). The van der Waals surface area contributed by atoms with Gasteiger partial charge in [-0.1, -0.05) is 11.8 Å². The normalized spacial score (nSPS) is 18.5. The van der Waals surface area contributed by atoms with Crippen LogP contribution in [0.5, 0.6) is 0 Å². The zero-order chi connectivity index (χ0) is 14.8. The highest BCUT2D eigenvalue weighted by molar-refractivity contribution is 7.12. The van der Waals surface area contributed by atoms with Crippen LogP contribution in [0.4, 0.5) is 0 Å². The lowest BCUT2D eigenvalue weighted by Gasteiger charge is -2.45. The van der Waals surface area contributed by atoms with E-state index >= 15 is 0 Å². The van der Waals surface area contributed by atoms with Gasteiger partial charge in [-0.15, -0.1) is 11.3 Å². The summed E-state index contributed by atoms with van der Waals surface area (Å²) in [7, 11) is 2.09. The van der Waals surface area contributed by atoms with E-state index in [2.05, 4.69) is 37.6 Å². The number of hydrogen-bond acceptors (Lipinski definition) is 4. The Hall–Kier alpha value is -1.35. The minimum Gasteiger partial charge on any atom is -0.384 e. The Morgan fingerprint density at radius 1 is 1.50 bits per heavy atom. The fourth-order valence-electron chi connectivity index (χ4n) is 2.27. The molecule has 1 aliphatic heterocycles. The maximum atomic E-state index is 12.6. The quantitative estimate of drug-likeness (QED) is 0.793. The Morgan fingerprint density at radius 2 is 2.25 bits per heavy atom. The molecule has 1 aliphatic rings. The third-order valence-corrected chi connectivity index (χ3v) is 4.67. The van der Waals surface area contributed by atoms with Gasteiger partial charge >= 0.3 is 0 Å². The number of carbonyl (C=O) groups excluding carboxylic acids is 1. The van der Waals surface area contributed by atoms with Crippen molar-refractivity contribution in [3.63, 3.8) is 0 Å². The van der Waals surface area contributed by atoms with E-state index in [-0.39, 0.29) is 18.1 Å². The molecule has 0 radical (unpaired) electrons. The standard InChI is InChI=1S/C15H20N2O2S/c1-15(2)11-17(8-7-16(15)3)14(19)13-12(5-4-9-18)6-10-20-13/h6,10,18H,7-9,11H2,1-3H3. The minimum atomic E-state index is -0.189. The molecule has 108 valence electrons. The van der Waals surface area contributed by atoms with E-state index in [0.29, 0.717) is 17.0 Å². The second-order valence-corrected chi connectivity index (χ2v) is 6.50. The topological polar surface area (TPSA) is 43.8 Å². The number of aliphatic hydroxyl groups is 1. The van der Waals surface area contributed by atoms with E-state index in [1.54, 1.807) is 0 Å². The molecule has 20 heavy (non-hydrogen) atoms. The molecule has 0 atom stereocenters. The molecule has 2 heterocycles. The number of rotatable bonds is 1. The maximum absolute atomic E-state index is 12.6. The Kier molecular flexibility index (Phi) is 4.48. The molecular weight excluding hydrogens is 272 g/mol. The van der Waals surface area contributed by atoms with Gasteiger partial charge in [0.2, 0.25) is 0 Å². The van der Waals surface area contributed by atoms with Crippen molar-refractivity contribution in [2.24, 2.45) is 0 Å². The summed E-state index contributed by atoms with van der Waals surface area (Å²) in [4.78, 5) is 17.5. The molecule has 1 N–H and O–H groups in total. The van der Waals surface area contributed by atoms with Crippen LogP contribution < -0.4 is 0 Å². The molecule has 1 aromatic heterocycles. The highest BCUT2D eigenvalue weighted by atomic mass is 32.1. The van der Waals surface area contributed by atoms with Crippen molar-refractivity contribution >= 4 is 17.2 Å². The molecule has 4 nitrogen and oxygen atoms in total. The fraction of sp³-hybridized carbons (Fsp3) is 0.533. The van der Waals surface area contributed by atoms with Gasteiger partial charge in [0.1, 0.15) is 11.5 Å². The largest absolute Gasteiger partial charge is 0.384 e. The number of hydrogen-bond donors (Lipinski definition) is 1. The lowest BCUT2D eigenvalue weighted by atomic mass is 9.99. The second-order valence-electron chi connectivity index (χ2n) is 5.58. The fourth-order valence-corrected chi connectivity index (χ4v) is 3.08. The first-order valence-corrected chi connectivity index (χ1v) is 7.51. The molecule has 5 heteroatoms. The smallest absolute Gasteiger partial charge is 0.265 e. The van der Waals surface area contributed by atoms with Crippen molar-refractivity contribution < 1.29 is 9.90 Å². The molecule has 1 fully saturated rings. The Balaban J connectivity index is 2.18. The van der Waals surface area contributed by atoms with Crippen molar-refractivity contribution in [1.29, 1.82) is 0 Å². The van der Waals surface area contributed by atoms with E-state index in [0.717, 1.165) is 13.1 Å². The Labute approximate surface area is 124 Å². The lowest BCUT2D eigenvalue weighted by molar-refractivity contribution is 0.0314. The molecule has 0 unspecified atom stereocenters. The molecule has 1 amide bonds. The number of nitrogens with zero attached hydrogens (tertiary/aromatic N) is 2. The third-order valence-electron chi connectivity index (χ3n) is 3.77. The van der Waals surface area contributed by atoms with E-state index in [1.165, 1.54) is 11.3 Å². The van der Waals surface area contributed by atoms with Crippen molar-refractivity contribution in [2.45, 2.75) is 19.4 Å². The van der Waals surface area contributed by atoms with Crippen LogP contribution in [0, 0.1) is 11.8 Å². The van der Waals surface area contributed by atoms with Gasteiger partial charge < -0.3 is 10.0 Å². The third kappa shape index (κ3) is 3.04. The highest BCUT2D eigenvalue weighted by Gasteiger charge is 2.34. The van der Waals surface area contributed by atoms with Crippen LogP contribution >= 0.6 is 11.3 Å². The summed E-state index contributed by atoms with van der Waals surface area (Å²) in [5, 5.41) is 10.6. The zero-order valence-corrected chi connectivity index (χ0v) is 13.0. The first kappa shape index (κ1) is 15.0. The van der Waals surface area contributed by atoms with E-state index < -0.39 is 0 Å². The summed E-state index contributed by atoms with van der Waals surface area (Å²) in [6.07, 6.45) is 0. The average molecular weight is 292 g/mol. The Morgan fingerprint density at radius 3 is 2.90 bits per heavy atom. The highest BCUT2D eigenvalue weighted by Crippen LogP contribution is 2.23. The first-order valence-electron chi connectivity index (χ1n) is 6.63. The number of amides is 1. The monoisotopic (exact) mass is 292 g/mol. The summed E-state index contributed by atoms with van der Waals surface area (Å²) in [5.74, 6) is 5.50. The van der Waals surface area contributed by atoms with Gasteiger partial charge in [-0.3, -0.25) is 9.69 Å². The van der Waals surface area contributed by atoms with Crippen LogP contribution in [0.3, 0.4) is 0 Å². The van der Waals surface area contributed by atoms with E-state index in [1.807, 2.05) is 16.3 Å². The molecule has 0 aliphatic carbocycles. The maximum Gasteiger partial charge on any atom is 0.265 e. The number of aliphatic hydroxyl groups excluding tert-OH is 1. The van der Waals surface area contributed by atoms with E-state index in [4.69, 9.17) is 5.11 Å². The number of piperazine rings is 1. The number of carbonyl (C=O) groups is 1. The predicted molar refractivity (Wildman–Crippen MR) is 80.9 cm³/mol. The first-order chi connectivity index (χ1) is 9.45. The van der Waals surface area contributed by atoms with Crippen LogP contribution in [-0.4, -0.2) is 59.6 Å². The lowest BCUT2D eigenvalue weighted by Crippen LogP contribution is -2.58. The average Bonchev–Trinajstić information content (AvgIpc) is 2.87.